The van der Waals surface area contributed by atoms with Gasteiger partial charge in [-0.05, 0) is 0 Å². The van der Waals surface area contributed by atoms with Crippen molar-refractivity contribution in [1.29, 1.82) is 0 Å². The fourth-order valence-electron chi connectivity index (χ4n) is 0. The molecule has 0 aromatic rings. The van der Waals surface area contributed by atoms with E-state index in [9.17, 15) is 8.42 Å². The van der Waals surface area contributed by atoms with Crippen LogP contribution in [0.4, 0.5) is 0 Å². The summed E-state index contributed by atoms with van der Waals surface area (Å²) in [6.07, 6.45) is 0. The van der Waals surface area contributed by atoms with Crippen LogP contribution >= 0.6 is 0 Å². The second kappa shape index (κ2) is 1.88. The van der Waals surface area contributed by atoms with Crippen LogP contribution in [-0.2, 0) is 22.2 Å². The molecule has 0 aromatic heterocycles. The van der Waals surface area contributed by atoms with Gasteiger partial charge < -0.3 is 0 Å². The molecule has 0 atom stereocenters. The number of nitrogens with two attached hydrogens (primary N) is 1. The molecule has 0 aliphatic heterocycles. The molecule has 0 saturated heterocycles. The summed E-state index contributed by atoms with van der Waals surface area (Å²) in [6, 6.07) is 0. The molecule has 6 heteroatoms. The first kappa shape index (κ1) is 6.36. The molecule has 0 bridgehead atoms. The standard InChI is InChI=1S/H2N.Ni.HO3S/c;;1-4(2)3/h1H2;;(H,1,2,3)/q-1;+1;. The normalized spacial score (nSPS) is 12.3. The van der Waals surface area contributed by atoms with Gasteiger partial charge in [-0.1, -0.05) is 0 Å². The van der Waals surface area contributed by atoms with Crippen molar-refractivity contribution in [1.82, 2.24) is 0 Å². The Labute approximate surface area is 40.6 Å². The third-order valence-corrected chi connectivity index (χ3v) is 1.17. The molecule has 6 heavy (non-hydrogen) atoms. The summed E-state index contributed by atoms with van der Waals surface area (Å²) in [4.78, 5) is 4.41. The SMILES string of the molecule is [NH2][Ni][S](=O)(=O)O. The Morgan fingerprint density at radius 1 is 1.67 bits per heavy atom. The van der Waals surface area contributed by atoms with Crippen LogP contribution in [0.2, 0.25) is 0 Å². The molecule has 0 aliphatic rings. The van der Waals surface area contributed by atoms with Crippen LogP contribution in [0, 0.1) is 0 Å². The van der Waals surface area contributed by atoms with Crippen molar-refractivity contribution in [3.05, 3.63) is 0 Å². The third-order valence-electron chi connectivity index (χ3n) is 0.0942. The van der Waals surface area contributed by atoms with Crippen LogP contribution in [-0.4, -0.2) is 13.0 Å². The first-order chi connectivity index (χ1) is 2.56. The Morgan fingerprint density at radius 2 is 1.83 bits per heavy atom. The fraction of sp³-hybridized carbons (Fsp3) is 0. The average molecular weight is 156 g/mol. The van der Waals surface area contributed by atoms with Crippen molar-refractivity contribution in [2.45, 2.75) is 0 Å². The van der Waals surface area contributed by atoms with Crippen molar-refractivity contribution in [2.75, 3.05) is 0 Å². The first-order valence-corrected chi connectivity index (χ1v) is 3.90. The van der Waals surface area contributed by atoms with Crippen LogP contribution in [0.3, 0.4) is 0 Å². The van der Waals surface area contributed by atoms with Crippen LogP contribution in [0.15, 0.2) is 0 Å². The first-order valence-electron chi connectivity index (χ1n) is 0.828. The van der Waals surface area contributed by atoms with Gasteiger partial charge in [0.25, 0.3) is 0 Å². The van der Waals surface area contributed by atoms with Crippen molar-refractivity contribution in [3.63, 3.8) is 0 Å². The van der Waals surface area contributed by atoms with Gasteiger partial charge in [-0.2, -0.15) is 0 Å². The molecular weight excluding hydrogens is 153 g/mol. The Bertz CT molecular complexity index is 113. The maximum atomic E-state index is 9.40. The molecule has 0 rings (SSSR count). The van der Waals surface area contributed by atoms with E-state index in [2.05, 4.69) is 4.81 Å². The van der Waals surface area contributed by atoms with E-state index in [0.29, 0.717) is 0 Å². The van der Waals surface area contributed by atoms with Gasteiger partial charge in [0.05, 0.1) is 0 Å². The van der Waals surface area contributed by atoms with Gasteiger partial charge in [0.2, 0.25) is 0 Å². The van der Waals surface area contributed by atoms with E-state index in [1.165, 1.54) is 0 Å². The van der Waals surface area contributed by atoms with Gasteiger partial charge in [-0.15, -0.1) is 0 Å². The van der Waals surface area contributed by atoms with Gasteiger partial charge in [0.1, 0.15) is 0 Å². The Hall–Kier alpha value is 0.364. The minimum atomic E-state index is -3.95. The Morgan fingerprint density at radius 3 is 1.83 bits per heavy atom. The van der Waals surface area contributed by atoms with E-state index in [4.69, 9.17) is 4.55 Å². The van der Waals surface area contributed by atoms with E-state index < -0.39 is 8.64 Å². The molecule has 0 heterocycles. The van der Waals surface area contributed by atoms with Gasteiger partial charge in [0, 0.05) is 0 Å². The third kappa shape index (κ3) is 4.36. The monoisotopic (exact) mass is 155 g/mol. The molecule has 0 aliphatic carbocycles. The zero-order chi connectivity index (χ0) is 5.21. The van der Waals surface area contributed by atoms with Gasteiger partial charge in [-0.25, -0.2) is 0 Å². The summed E-state index contributed by atoms with van der Waals surface area (Å²) in [5.74, 6) is 0. The Kier molecular flexibility index (Phi) is 2.00. The summed E-state index contributed by atoms with van der Waals surface area (Å²) < 4.78 is 26.5. The molecule has 0 unspecified atom stereocenters. The predicted molar refractivity (Wildman–Crippen MR) is 15.7 cm³/mol. The van der Waals surface area contributed by atoms with E-state index in [1.54, 1.807) is 0 Å². The molecule has 0 aromatic carbocycles. The van der Waals surface area contributed by atoms with Crippen LogP contribution in [0.25, 0.3) is 0 Å². The van der Waals surface area contributed by atoms with Crippen molar-refractivity contribution < 1.29 is 26.5 Å². The van der Waals surface area contributed by atoms with Crippen molar-refractivity contribution >= 4 is 8.64 Å². The molecule has 4 nitrogen and oxygen atoms in total. The molecule has 0 fully saturated rings. The summed E-state index contributed by atoms with van der Waals surface area (Å²) >= 11 is -0.243. The van der Waals surface area contributed by atoms with Crippen LogP contribution in [0.1, 0.15) is 0 Å². The Balaban J connectivity index is 3.85. The average Bonchev–Trinajstić information content (AvgIpc) is 1.35. The number of hydrogen-bond donors (Lipinski definition) is 2. The molecule has 0 amide bonds. The number of hydrogen-bond acceptors (Lipinski definition) is 3. The quantitative estimate of drug-likeness (QED) is 0.366. The summed E-state index contributed by atoms with van der Waals surface area (Å²) in [5, 5.41) is 0. The zero-order valence-corrected chi connectivity index (χ0v) is 4.37. The van der Waals surface area contributed by atoms with E-state index >= 15 is 0 Å². The second-order valence-corrected chi connectivity index (χ2v) is 3.59. The maximum absolute atomic E-state index is 9.40. The van der Waals surface area contributed by atoms with E-state index in [0.717, 1.165) is 0 Å². The molecule has 3 N–H and O–H groups in total. The van der Waals surface area contributed by atoms with Crippen molar-refractivity contribution in [2.24, 2.45) is 4.81 Å². The van der Waals surface area contributed by atoms with E-state index in [-0.39, 0.29) is 13.6 Å². The van der Waals surface area contributed by atoms with Gasteiger partial charge >= 0.3 is 40.0 Å². The summed E-state index contributed by atoms with van der Waals surface area (Å²) in [6.45, 7) is 0. The van der Waals surface area contributed by atoms with Crippen LogP contribution < -0.4 is 4.81 Å². The van der Waals surface area contributed by atoms with Gasteiger partial charge in [0.15, 0.2) is 0 Å². The number of rotatable bonds is 1. The van der Waals surface area contributed by atoms with Gasteiger partial charge in [-0.3, -0.25) is 0 Å². The predicted octanol–water partition coefficient (Wildman–Crippen LogP) is -1.25. The molecular formula is H3NNiO3S. The minimum absolute atomic E-state index is 0.243. The molecule has 0 saturated carbocycles. The topological polar surface area (TPSA) is 80.4 Å². The van der Waals surface area contributed by atoms with Crippen LogP contribution in [0.5, 0.6) is 0 Å². The second-order valence-electron chi connectivity index (χ2n) is 0.455. The summed E-state index contributed by atoms with van der Waals surface area (Å²) in [5.41, 5.74) is 0. The molecule has 0 radical (unpaired) electrons. The molecule has 42 valence electrons. The fourth-order valence-corrected chi connectivity index (χ4v) is 0. The molecule has 0 spiro atoms. The van der Waals surface area contributed by atoms with E-state index in [1.807, 2.05) is 0 Å². The van der Waals surface area contributed by atoms with Crippen molar-refractivity contribution in [3.8, 4) is 0 Å². The zero-order valence-electron chi connectivity index (χ0n) is 2.57. The summed E-state index contributed by atoms with van der Waals surface area (Å²) in [7, 11) is -3.95.